The van der Waals surface area contributed by atoms with Gasteiger partial charge in [-0.3, -0.25) is 9.58 Å². The van der Waals surface area contributed by atoms with Gasteiger partial charge >= 0.3 is 0 Å². The van der Waals surface area contributed by atoms with Gasteiger partial charge in [0.25, 0.3) is 0 Å². The van der Waals surface area contributed by atoms with Gasteiger partial charge in [0.15, 0.2) is 0 Å². The van der Waals surface area contributed by atoms with Crippen molar-refractivity contribution in [1.82, 2.24) is 14.7 Å². The molecule has 2 aliphatic rings. The van der Waals surface area contributed by atoms with Crippen molar-refractivity contribution in [3.63, 3.8) is 0 Å². The molecular weight excluding hydrogens is 212 g/mol. The molecule has 3 rings (SSSR count). The van der Waals surface area contributed by atoms with E-state index in [1.807, 2.05) is 17.9 Å². The van der Waals surface area contributed by atoms with Gasteiger partial charge in [0.2, 0.25) is 0 Å². The number of fused-ring (bicyclic) bond motifs is 2. The number of nitrogens with zero attached hydrogens (tertiary/aromatic N) is 3. The average molecular weight is 234 g/mol. The van der Waals surface area contributed by atoms with Crippen LogP contribution in [0, 0.1) is 0 Å². The normalized spacial score (nSPS) is 33.9. The van der Waals surface area contributed by atoms with Crippen LogP contribution < -0.4 is 5.73 Å². The fourth-order valence-corrected chi connectivity index (χ4v) is 3.54. The molecule has 2 bridgehead atoms. The molecule has 0 aromatic carbocycles. The van der Waals surface area contributed by atoms with Crippen LogP contribution in [-0.2, 0) is 13.6 Å². The van der Waals surface area contributed by atoms with Crippen LogP contribution in [0.3, 0.4) is 0 Å². The zero-order valence-electron chi connectivity index (χ0n) is 10.5. The third-order valence-electron chi connectivity index (χ3n) is 4.29. The van der Waals surface area contributed by atoms with E-state index in [1.54, 1.807) is 0 Å². The fraction of sp³-hybridized carbons (Fsp3) is 0.769. The van der Waals surface area contributed by atoms with Crippen molar-refractivity contribution in [1.29, 1.82) is 0 Å². The highest BCUT2D eigenvalue weighted by Crippen LogP contribution is 2.34. The average Bonchev–Trinajstić information content (AvgIpc) is 2.65. The topological polar surface area (TPSA) is 47.1 Å². The largest absolute Gasteiger partial charge is 0.328 e. The lowest BCUT2D eigenvalue weighted by molar-refractivity contribution is 0.0245. The molecule has 2 N–H and O–H groups in total. The zero-order chi connectivity index (χ0) is 11.8. The molecule has 3 heterocycles. The first-order valence-electron chi connectivity index (χ1n) is 6.71. The van der Waals surface area contributed by atoms with Crippen LogP contribution in [-0.4, -0.2) is 32.8 Å². The van der Waals surface area contributed by atoms with Gasteiger partial charge in [-0.2, -0.15) is 5.10 Å². The first kappa shape index (κ1) is 11.2. The van der Waals surface area contributed by atoms with Crippen LogP contribution in [0.4, 0.5) is 0 Å². The second-order valence-corrected chi connectivity index (χ2v) is 5.66. The lowest BCUT2D eigenvalue weighted by atomic mass is 9.82. The number of aryl methyl sites for hydroxylation is 1. The van der Waals surface area contributed by atoms with Crippen molar-refractivity contribution in [2.24, 2.45) is 12.8 Å². The van der Waals surface area contributed by atoms with E-state index in [0.717, 1.165) is 6.54 Å². The number of nitrogens with two attached hydrogens (primary N) is 1. The molecule has 2 saturated heterocycles. The monoisotopic (exact) mass is 234 g/mol. The number of aromatic nitrogens is 2. The molecule has 2 unspecified atom stereocenters. The summed E-state index contributed by atoms with van der Waals surface area (Å²) >= 11 is 0. The van der Waals surface area contributed by atoms with Gasteiger partial charge in [0.05, 0.1) is 6.20 Å². The third kappa shape index (κ3) is 2.24. The molecule has 0 amide bonds. The zero-order valence-corrected chi connectivity index (χ0v) is 10.5. The van der Waals surface area contributed by atoms with Gasteiger partial charge in [-0.05, 0) is 25.7 Å². The van der Waals surface area contributed by atoms with E-state index in [0.29, 0.717) is 18.1 Å². The van der Waals surface area contributed by atoms with Gasteiger partial charge < -0.3 is 5.73 Å². The minimum atomic E-state index is 0.426. The highest BCUT2D eigenvalue weighted by molar-refractivity contribution is 5.06. The molecule has 2 atom stereocenters. The highest BCUT2D eigenvalue weighted by Gasteiger charge is 2.36. The first-order chi connectivity index (χ1) is 8.22. The maximum atomic E-state index is 6.14. The van der Waals surface area contributed by atoms with Crippen molar-refractivity contribution in [2.75, 3.05) is 0 Å². The summed E-state index contributed by atoms with van der Waals surface area (Å²) < 4.78 is 1.89. The number of piperidine rings is 2. The van der Waals surface area contributed by atoms with E-state index in [2.05, 4.69) is 16.2 Å². The van der Waals surface area contributed by atoms with Crippen LogP contribution >= 0.6 is 0 Å². The second kappa shape index (κ2) is 4.42. The van der Waals surface area contributed by atoms with Crippen LogP contribution in [0.2, 0.25) is 0 Å². The number of rotatable bonds is 2. The van der Waals surface area contributed by atoms with Crippen molar-refractivity contribution in [3.8, 4) is 0 Å². The lowest BCUT2D eigenvalue weighted by Gasteiger charge is -2.48. The standard InChI is InChI=1S/C13H22N4/c1-16-8-10(7-15-16)9-17-12-3-2-4-13(17)6-11(14)5-12/h7-8,11-13H,2-6,9,14H2,1H3. The Balaban J connectivity index is 1.73. The molecule has 2 aliphatic heterocycles. The lowest BCUT2D eigenvalue weighted by Crippen LogP contribution is -2.54. The quantitative estimate of drug-likeness (QED) is 0.838. The van der Waals surface area contributed by atoms with E-state index < -0.39 is 0 Å². The number of hydrogen-bond donors (Lipinski definition) is 1. The molecule has 0 radical (unpaired) electrons. The van der Waals surface area contributed by atoms with Gasteiger partial charge in [0, 0.05) is 43.5 Å². The Morgan fingerprint density at radius 2 is 2.06 bits per heavy atom. The van der Waals surface area contributed by atoms with Crippen LogP contribution in [0.5, 0.6) is 0 Å². The molecule has 0 saturated carbocycles. The summed E-state index contributed by atoms with van der Waals surface area (Å²) in [6, 6.07) is 1.84. The van der Waals surface area contributed by atoms with E-state index in [1.165, 1.54) is 37.7 Å². The Morgan fingerprint density at radius 3 is 2.65 bits per heavy atom. The summed E-state index contributed by atoms with van der Waals surface area (Å²) in [7, 11) is 1.98. The molecule has 4 nitrogen and oxygen atoms in total. The minimum absolute atomic E-state index is 0.426. The molecule has 1 aromatic rings. The summed E-state index contributed by atoms with van der Waals surface area (Å²) in [6.45, 7) is 1.05. The van der Waals surface area contributed by atoms with Crippen LogP contribution in [0.15, 0.2) is 12.4 Å². The summed E-state index contributed by atoms with van der Waals surface area (Å²) in [4.78, 5) is 2.67. The molecule has 2 fully saturated rings. The minimum Gasteiger partial charge on any atom is -0.328 e. The maximum absolute atomic E-state index is 6.14. The Hall–Kier alpha value is -0.870. The van der Waals surface area contributed by atoms with E-state index in [-0.39, 0.29) is 0 Å². The van der Waals surface area contributed by atoms with E-state index in [9.17, 15) is 0 Å². The fourth-order valence-electron chi connectivity index (χ4n) is 3.54. The van der Waals surface area contributed by atoms with Crippen LogP contribution in [0.25, 0.3) is 0 Å². The highest BCUT2D eigenvalue weighted by atomic mass is 15.3. The summed E-state index contributed by atoms with van der Waals surface area (Å²) in [6.07, 6.45) is 10.5. The maximum Gasteiger partial charge on any atom is 0.0534 e. The van der Waals surface area contributed by atoms with Crippen molar-refractivity contribution >= 4 is 0 Å². The molecule has 0 spiro atoms. The summed E-state index contributed by atoms with van der Waals surface area (Å²) in [5.41, 5.74) is 7.47. The predicted molar refractivity (Wildman–Crippen MR) is 67.4 cm³/mol. The van der Waals surface area contributed by atoms with Gasteiger partial charge in [-0.15, -0.1) is 0 Å². The molecule has 0 aliphatic carbocycles. The Kier molecular flexibility index (Phi) is 2.92. The molecule has 4 heteroatoms. The third-order valence-corrected chi connectivity index (χ3v) is 4.29. The second-order valence-electron chi connectivity index (χ2n) is 5.66. The van der Waals surface area contributed by atoms with Gasteiger partial charge in [0.1, 0.15) is 0 Å². The summed E-state index contributed by atoms with van der Waals surface area (Å²) in [5.74, 6) is 0. The van der Waals surface area contributed by atoms with Crippen molar-refractivity contribution in [2.45, 2.75) is 56.8 Å². The van der Waals surface area contributed by atoms with Crippen molar-refractivity contribution in [3.05, 3.63) is 18.0 Å². The molecule has 94 valence electrons. The van der Waals surface area contributed by atoms with E-state index in [4.69, 9.17) is 5.73 Å². The Morgan fingerprint density at radius 1 is 1.35 bits per heavy atom. The Labute approximate surface area is 103 Å². The summed E-state index contributed by atoms with van der Waals surface area (Å²) in [5, 5.41) is 4.26. The molecular formula is C13H22N4. The molecule has 17 heavy (non-hydrogen) atoms. The van der Waals surface area contributed by atoms with Crippen LogP contribution in [0.1, 0.15) is 37.7 Å². The van der Waals surface area contributed by atoms with Gasteiger partial charge in [-0.25, -0.2) is 0 Å². The smallest absolute Gasteiger partial charge is 0.0534 e. The SMILES string of the molecule is Cn1cc(CN2C3CCCC2CC(N)C3)cn1. The molecule has 1 aromatic heterocycles. The number of hydrogen-bond acceptors (Lipinski definition) is 3. The Bertz CT molecular complexity index is 373. The van der Waals surface area contributed by atoms with E-state index >= 15 is 0 Å². The van der Waals surface area contributed by atoms with Crippen molar-refractivity contribution < 1.29 is 0 Å². The first-order valence-corrected chi connectivity index (χ1v) is 6.71. The van der Waals surface area contributed by atoms with Gasteiger partial charge in [-0.1, -0.05) is 6.42 Å². The predicted octanol–water partition coefficient (Wildman–Crippen LogP) is 1.26.